The number of fused-ring (bicyclic) bond motifs is 3. The summed E-state index contributed by atoms with van der Waals surface area (Å²) >= 11 is 0. The molecule has 39 heavy (non-hydrogen) atoms. The van der Waals surface area contributed by atoms with Gasteiger partial charge in [0, 0.05) is 37.7 Å². The maximum Gasteiger partial charge on any atom is 0.255 e. The average molecular weight is 533 g/mol. The van der Waals surface area contributed by atoms with E-state index in [1.807, 2.05) is 56.3 Å². The maximum atomic E-state index is 13.8. The van der Waals surface area contributed by atoms with Gasteiger partial charge in [0.1, 0.15) is 22.8 Å². The van der Waals surface area contributed by atoms with Crippen LogP contribution in [0.1, 0.15) is 40.7 Å². The van der Waals surface area contributed by atoms with Crippen molar-refractivity contribution in [3.8, 4) is 5.75 Å². The van der Waals surface area contributed by atoms with Crippen LogP contribution in [0.5, 0.6) is 5.75 Å². The summed E-state index contributed by atoms with van der Waals surface area (Å²) in [5.74, 6) is -6.22. The number of aliphatic hydroxyl groups excluding tert-OH is 2. The second-order valence-corrected chi connectivity index (χ2v) is 11.0. The van der Waals surface area contributed by atoms with Crippen molar-refractivity contribution in [1.82, 2.24) is 0 Å². The monoisotopic (exact) mass is 532 g/mol. The Morgan fingerprint density at radius 2 is 1.74 bits per heavy atom. The molecule has 0 heterocycles. The van der Waals surface area contributed by atoms with Crippen LogP contribution < -0.4 is 10.6 Å². The molecule has 6 N–H and O–H groups in total. The molecule has 0 bridgehead atoms. The van der Waals surface area contributed by atoms with Crippen molar-refractivity contribution in [1.29, 1.82) is 0 Å². The molecule has 0 aromatic heterocycles. The number of anilines is 1. The third-order valence-electron chi connectivity index (χ3n) is 8.40. The Labute approximate surface area is 225 Å². The van der Waals surface area contributed by atoms with Crippen LogP contribution in [0.15, 0.2) is 47.2 Å². The Bertz CT molecular complexity index is 1490. The van der Waals surface area contributed by atoms with E-state index in [0.717, 1.165) is 16.8 Å². The number of phenols is 1. The fourth-order valence-electron chi connectivity index (χ4n) is 6.35. The van der Waals surface area contributed by atoms with E-state index in [2.05, 4.69) is 0 Å². The van der Waals surface area contributed by atoms with Gasteiger partial charge in [-0.25, -0.2) is 0 Å². The van der Waals surface area contributed by atoms with Crippen LogP contribution in [0, 0.1) is 18.8 Å². The van der Waals surface area contributed by atoms with Crippen molar-refractivity contribution in [2.45, 2.75) is 44.6 Å². The quantitative estimate of drug-likeness (QED) is 0.367. The lowest BCUT2D eigenvalue weighted by molar-refractivity contribution is -0.147. The molecule has 3 unspecified atom stereocenters. The molecule has 1 amide bonds. The molecular formula is C30H32N2O7. The van der Waals surface area contributed by atoms with E-state index in [-0.39, 0.29) is 36.1 Å². The molecule has 0 radical (unpaired) electrons. The number of aromatic hydroxyl groups is 1. The zero-order valence-electron chi connectivity index (χ0n) is 22.1. The molecule has 1 saturated carbocycles. The lowest BCUT2D eigenvalue weighted by atomic mass is 9.59. The predicted octanol–water partition coefficient (Wildman–Crippen LogP) is 2.58. The first kappa shape index (κ1) is 26.5. The highest BCUT2D eigenvalue weighted by atomic mass is 16.3. The van der Waals surface area contributed by atoms with Gasteiger partial charge in [-0.2, -0.15) is 0 Å². The Kier molecular flexibility index (Phi) is 6.30. The van der Waals surface area contributed by atoms with Gasteiger partial charge in [-0.05, 0) is 61.3 Å². The zero-order valence-corrected chi connectivity index (χ0v) is 22.1. The van der Waals surface area contributed by atoms with E-state index in [1.54, 1.807) is 0 Å². The van der Waals surface area contributed by atoms with Gasteiger partial charge in [-0.3, -0.25) is 14.4 Å². The van der Waals surface area contributed by atoms with Gasteiger partial charge in [0.2, 0.25) is 5.78 Å². The number of rotatable bonds is 5. The highest BCUT2D eigenvalue weighted by Crippen LogP contribution is 2.53. The molecule has 3 aliphatic carbocycles. The third kappa shape index (κ3) is 3.99. The largest absolute Gasteiger partial charge is 0.508 e. The molecule has 3 atom stereocenters. The van der Waals surface area contributed by atoms with E-state index < -0.39 is 52.0 Å². The SMILES string of the molecule is Cc1ccc(CCc2cc(N(C)C)c3c(c2O)C(O)=C2C(=O)C4(O)C(O)=C(C(N)=O)C(=O)CC4CC2C3)cc1. The smallest absolute Gasteiger partial charge is 0.255 e. The number of aliphatic hydroxyl groups is 3. The maximum absolute atomic E-state index is 13.8. The molecule has 0 spiro atoms. The van der Waals surface area contributed by atoms with Gasteiger partial charge in [-0.15, -0.1) is 0 Å². The van der Waals surface area contributed by atoms with Crippen LogP contribution in [0.2, 0.25) is 0 Å². The number of ketones is 2. The minimum Gasteiger partial charge on any atom is -0.508 e. The number of primary amides is 1. The summed E-state index contributed by atoms with van der Waals surface area (Å²) in [5.41, 5.74) is 6.11. The standard InChI is InChI=1S/C30H32N2O7/c1-14-4-6-15(7-5-14)8-9-16-12-20(32(2)3)19-11-17-10-18-13-21(33)24(29(31)38)28(37)30(18,39)27(36)22(17)26(35)23(19)25(16)34/h4-7,12,17-18,34-35,37,39H,8-11,13H2,1-3H3,(H2,31,38). The Balaban J connectivity index is 1.63. The van der Waals surface area contributed by atoms with Crippen LogP contribution >= 0.6 is 0 Å². The summed E-state index contributed by atoms with van der Waals surface area (Å²) in [7, 11) is 3.71. The summed E-state index contributed by atoms with van der Waals surface area (Å²) in [6.07, 6.45) is 1.15. The second kappa shape index (κ2) is 9.27. The molecule has 0 aliphatic heterocycles. The number of phenolic OH excluding ortho intramolecular Hbond substituents is 1. The Morgan fingerprint density at radius 3 is 2.36 bits per heavy atom. The lowest BCUT2D eigenvalue weighted by Gasteiger charge is -2.46. The highest BCUT2D eigenvalue weighted by Gasteiger charge is 2.60. The molecule has 5 rings (SSSR count). The predicted molar refractivity (Wildman–Crippen MR) is 144 cm³/mol. The second-order valence-electron chi connectivity index (χ2n) is 11.0. The number of amides is 1. The van der Waals surface area contributed by atoms with Gasteiger partial charge in [0.15, 0.2) is 11.4 Å². The molecule has 9 heteroatoms. The molecular weight excluding hydrogens is 500 g/mol. The Hall–Kier alpha value is -4.11. The first-order valence-corrected chi connectivity index (χ1v) is 12.9. The summed E-state index contributed by atoms with van der Waals surface area (Å²) < 4.78 is 0. The summed E-state index contributed by atoms with van der Waals surface area (Å²) in [5, 5.41) is 45.0. The fraction of sp³-hybridized carbons (Fsp3) is 0.367. The summed E-state index contributed by atoms with van der Waals surface area (Å²) in [6.45, 7) is 2.01. The molecule has 204 valence electrons. The van der Waals surface area contributed by atoms with E-state index >= 15 is 0 Å². The zero-order chi connectivity index (χ0) is 28.4. The summed E-state index contributed by atoms with van der Waals surface area (Å²) in [4.78, 5) is 40.0. The van der Waals surface area contributed by atoms with E-state index in [9.17, 15) is 34.8 Å². The first-order valence-electron chi connectivity index (χ1n) is 12.9. The highest BCUT2D eigenvalue weighted by molar-refractivity contribution is 6.22. The first-order chi connectivity index (χ1) is 18.4. The van der Waals surface area contributed by atoms with Gasteiger partial charge in [-0.1, -0.05) is 29.8 Å². The van der Waals surface area contributed by atoms with Crippen molar-refractivity contribution in [3.05, 3.63) is 75.1 Å². The van der Waals surface area contributed by atoms with Gasteiger partial charge >= 0.3 is 0 Å². The molecule has 1 fully saturated rings. The van der Waals surface area contributed by atoms with Crippen molar-refractivity contribution in [2.75, 3.05) is 19.0 Å². The number of carbonyl (C=O) groups excluding carboxylic acids is 3. The number of nitrogens with two attached hydrogens (primary N) is 1. The fourth-order valence-corrected chi connectivity index (χ4v) is 6.35. The minimum absolute atomic E-state index is 0.103. The van der Waals surface area contributed by atoms with Crippen molar-refractivity contribution in [2.24, 2.45) is 17.6 Å². The van der Waals surface area contributed by atoms with Crippen molar-refractivity contribution < 1.29 is 34.8 Å². The van der Waals surface area contributed by atoms with Crippen LogP contribution in [0.25, 0.3) is 5.76 Å². The lowest BCUT2D eigenvalue weighted by Crippen LogP contribution is -2.58. The number of nitrogens with zero attached hydrogens (tertiary/aromatic N) is 1. The van der Waals surface area contributed by atoms with E-state index in [0.29, 0.717) is 24.0 Å². The number of Topliss-reactive ketones (excluding diaryl/α,β-unsaturated/α-hetero) is 2. The molecule has 2 aromatic carbocycles. The number of hydrogen-bond donors (Lipinski definition) is 5. The number of carbonyl (C=O) groups is 3. The van der Waals surface area contributed by atoms with E-state index in [4.69, 9.17) is 5.73 Å². The molecule has 2 aromatic rings. The van der Waals surface area contributed by atoms with Crippen molar-refractivity contribution in [3.63, 3.8) is 0 Å². The van der Waals surface area contributed by atoms with Crippen molar-refractivity contribution >= 4 is 28.9 Å². The summed E-state index contributed by atoms with van der Waals surface area (Å²) in [6, 6.07) is 9.97. The minimum atomic E-state index is -2.57. The van der Waals surface area contributed by atoms with Crippen LogP contribution in [-0.4, -0.2) is 57.6 Å². The van der Waals surface area contributed by atoms with Gasteiger partial charge in [0.25, 0.3) is 5.91 Å². The number of aryl methyl sites for hydroxylation is 3. The normalized spacial score (nSPS) is 24.3. The van der Waals surface area contributed by atoms with E-state index in [1.165, 1.54) is 0 Å². The van der Waals surface area contributed by atoms with Crippen LogP contribution in [0.4, 0.5) is 5.69 Å². The van der Waals surface area contributed by atoms with Crippen LogP contribution in [-0.2, 0) is 33.6 Å². The molecule has 9 nitrogen and oxygen atoms in total. The molecule has 0 saturated heterocycles. The average Bonchev–Trinajstić information content (AvgIpc) is 2.86. The molecule has 3 aliphatic rings. The van der Waals surface area contributed by atoms with Crippen LogP contribution in [0.3, 0.4) is 0 Å². The topological polar surface area (TPSA) is 161 Å². The third-order valence-corrected chi connectivity index (χ3v) is 8.40. The Morgan fingerprint density at radius 1 is 1.08 bits per heavy atom. The number of hydrogen-bond acceptors (Lipinski definition) is 8. The number of benzene rings is 2. The van der Waals surface area contributed by atoms with Gasteiger partial charge in [0.05, 0.1) is 5.56 Å². The van der Waals surface area contributed by atoms with Gasteiger partial charge < -0.3 is 31.1 Å².